The van der Waals surface area contributed by atoms with E-state index >= 15 is 0 Å². The first-order valence-electron chi connectivity index (χ1n) is 8.87. The number of aryl methyl sites for hydroxylation is 1. The molecule has 5 nitrogen and oxygen atoms in total. The zero-order valence-electron chi connectivity index (χ0n) is 15.1. The highest BCUT2D eigenvalue weighted by Crippen LogP contribution is 2.34. The van der Waals surface area contributed by atoms with Gasteiger partial charge in [-0.1, -0.05) is 35.9 Å². The van der Waals surface area contributed by atoms with Gasteiger partial charge in [-0.2, -0.15) is 0 Å². The fourth-order valence-electron chi connectivity index (χ4n) is 3.51. The van der Waals surface area contributed by atoms with Gasteiger partial charge in [-0.05, 0) is 41.8 Å². The SMILES string of the molecule is COc1ccc(CCC(=O)N2C[C@@H](C(=O)O)[C@H](c3ccc(Cl)cc3)C2)cc1. The number of carbonyl (C=O) groups excluding carboxylic acids is 1. The first kappa shape index (κ1) is 19.2. The Kier molecular flexibility index (Phi) is 6.01. The Labute approximate surface area is 163 Å². The van der Waals surface area contributed by atoms with Crippen LogP contribution in [-0.4, -0.2) is 42.1 Å². The zero-order valence-corrected chi connectivity index (χ0v) is 15.9. The maximum atomic E-state index is 12.6. The van der Waals surface area contributed by atoms with Gasteiger partial charge < -0.3 is 14.7 Å². The highest BCUT2D eigenvalue weighted by Gasteiger charge is 2.40. The lowest BCUT2D eigenvalue weighted by Gasteiger charge is -2.17. The molecule has 3 rings (SSSR count). The molecule has 1 amide bonds. The van der Waals surface area contributed by atoms with Crippen molar-refractivity contribution in [1.82, 2.24) is 4.90 Å². The molecule has 0 aromatic heterocycles. The highest BCUT2D eigenvalue weighted by molar-refractivity contribution is 6.30. The smallest absolute Gasteiger partial charge is 0.308 e. The lowest BCUT2D eigenvalue weighted by atomic mass is 9.89. The molecule has 1 aliphatic rings. The van der Waals surface area contributed by atoms with E-state index in [0.29, 0.717) is 24.4 Å². The van der Waals surface area contributed by atoms with Gasteiger partial charge in [0.05, 0.1) is 13.0 Å². The number of hydrogen-bond acceptors (Lipinski definition) is 3. The van der Waals surface area contributed by atoms with E-state index in [1.807, 2.05) is 36.4 Å². The third kappa shape index (κ3) is 4.61. The van der Waals surface area contributed by atoms with Gasteiger partial charge in [-0.25, -0.2) is 0 Å². The summed E-state index contributed by atoms with van der Waals surface area (Å²) in [5, 5.41) is 10.2. The van der Waals surface area contributed by atoms with Gasteiger partial charge in [0.1, 0.15) is 5.75 Å². The number of carboxylic acids is 1. The Morgan fingerprint density at radius 3 is 2.37 bits per heavy atom. The molecule has 1 aliphatic heterocycles. The first-order valence-corrected chi connectivity index (χ1v) is 9.24. The molecule has 1 N–H and O–H groups in total. The van der Waals surface area contributed by atoms with Crippen molar-refractivity contribution < 1.29 is 19.4 Å². The number of methoxy groups -OCH3 is 1. The fourth-order valence-corrected chi connectivity index (χ4v) is 3.63. The van der Waals surface area contributed by atoms with Gasteiger partial charge in [0.2, 0.25) is 5.91 Å². The van der Waals surface area contributed by atoms with Crippen molar-refractivity contribution in [2.45, 2.75) is 18.8 Å². The van der Waals surface area contributed by atoms with E-state index in [2.05, 4.69) is 0 Å². The summed E-state index contributed by atoms with van der Waals surface area (Å²) in [6.45, 7) is 0.657. The van der Waals surface area contributed by atoms with Crippen LogP contribution in [0.15, 0.2) is 48.5 Å². The minimum Gasteiger partial charge on any atom is -0.497 e. The summed E-state index contributed by atoms with van der Waals surface area (Å²) in [7, 11) is 1.61. The normalized spacial score (nSPS) is 19.1. The quantitative estimate of drug-likeness (QED) is 0.822. The molecule has 2 atom stereocenters. The van der Waals surface area contributed by atoms with Crippen molar-refractivity contribution in [3.05, 3.63) is 64.7 Å². The number of carboxylic acid groups (broad SMARTS) is 1. The monoisotopic (exact) mass is 387 g/mol. The molecule has 1 fully saturated rings. The first-order chi connectivity index (χ1) is 13.0. The molecule has 0 radical (unpaired) electrons. The third-order valence-electron chi connectivity index (χ3n) is 5.07. The van der Waals surface area contributed by atoms with Crippen LogP contribution in [0.2, 0.25) is 5.02 Å². The molecule has 142 valence electrons. The van der Waals surface area contributed by atoms with Crippen LogP contribution in [0.25, 0.3) is 0 Å². The van der Waals surface area contributed by atoms with Gasteiger partial charge in [0, 0.05) is 30.5 Å². The maximum absolute atomic E-state index is 12.6. The van der Waals surface area contributed by atoms with Crippen LogP contribution in [0.3, 0.4) is 0 Å². The van der Waals surface area contributed by atoms with E-state index in [-0.39, 0.29) is 18.4 Å². The molecule has 0 spiro atoms. The van der Waals surface area contributed by atoms with Gasteiger partial charge in [0.25, 0.3) is 0 Å². The predicted molar refractivity (Wildman–Crippen MR) is 103 cm³/mol. The number of amides is 1. The second-order valence-corrected chi connectivity index (χ2v) is 7.19. The number of hydrogen-bond donors (Lipinski definition) is 1. The summed E-state index contributed by atoms with van der Waals surface area (Å²) in [4.78, 5) is 26.0. The molecule has 6 heteroatoms. The van der Waals surface area contributed by atoms with Gasteiger partial charge in [0.15, 0.2) is 0 Å². The van der Waals surface area contributed by atoms with E-state index in [1.165, 1.54) is 0 Å². The number of ether oxygens (including phenoxy) is 1. The van der Waals surface area contributed by atoms with Crippen molar-refractivity contribution >= 4 is 23.5 Å². The topological polar surface area (TPSA) is 66.8 Å². The summed E-state index contributed by atoms with van der Waals surface area (Å²) in [6.07, 6.45) is 0.967. The predicted octanol–water partition coefficient (Wildman–Crippen LogP) is 3.61. The van der Waals surface area contributed by atoms with Crippen molar-refractivity contribution in [3.63, 3.8) is 0 Å². The van der Waals surface area contributed by atoms with E-state index in [1.54, 1.807) is 24.1 Å². The Hall–Kier alpha value is -2.53. The number of likely N-dealkylation sites (tertiary alicyclic amines) is 1. The summed E-state index contributed by atoms with van der Waals surface area (Å²) in [6, 6.07) is 14.8. The average Bonchev–Trinajstić information content (AvgIpc) is 3.13. The van der Waals surface area contributed by atoms with Crippen LogP contribution in [0, 0.1) is 5.92 Å². The molecular formula is C21H22ClNO4. The summed E-state index contributed by atoms with van der Waals surface area (Å²) < 4.78 is 5.13. The van der Waals surface area contributed by atoms with Crippen molar-refractivity contribution in [1.29, 1.82) is 0 Å². The Bertz CT molecular complexity index is 804. The number of halogens is 1. The summed E-state index contributed by atoms with van der Waals surface area (Å²) >= 11 is 5.93. The molecular weight excluding hydrogens is 366 g/mol. The summed E-state index contributed by atoms with van der Waals surface area (Å²) in [5.41, 5.74) is 1.95. The number of nitrogens with zero attached hydrogens (tertiary/aromatic N) is 1. The molecule has 0 aliphatic carbocycles. The van der Waals surface area contributed by atoms with Crippen LogP contribution >= 0.6 is 11.6 Å². The van der Waals surface area contributed by atoms with Crippen LogP contribution in [0.1, 0.15) is 23.5 Å². The van der Waals surface area contributed by atoms with E-state index < -0.39 is 11.9 Å². The Morgan fingerprint density at radius 2 is 1.78 bits per heavy atom. The molecule has 1 heterocycles. The second-order valence-electron chi connectivity index (χ2n) is 6.75. The number of rotatable bonds is 6. The Balaban J connectivity index is 1.64. The van der Waals surface area contributed by atoms with E-state index in [0.717, 1.165) is 16.9 Å². The van der Waals surface area contributed by atoms with Crippen LogP contribution < -0.4 is 4.74 Å². The number of benzene rings is 2. The average molecular weight is 388 g/mol. The molecule has 2 aromatic carbocycles. The van der Waals surface area contributed by atoms with Gasteiger partial charge in [-0.15, -0.1) is 0 Å². The maximum Gasteiger partial charge on any atom is 0.308 e. The van der Waals surface area contributed by atoms with Gasteiger partial charge >= 0.3 is 5.97 Å². The van der Waals surface area contributed by atoms with Gasteiger partial charge in [-0.3, -0.25) is 9.59 Å². The van der Waals surface area contributed by atoms with Crippen molar-refractivity contribution in [3.8, 4) is 5.75 Å². The third-order valence-corrected chi connectivity index (χ3v) is 5.33. The standard InChI is InChI=1S/C21H22ClNO4/c1-27-17-9-2-14(3-10-17)4-11-20(24)23-12-18(19(13-23)21(25)26)15-5-7-16(22)8-6-15/h2-3,5-10,18-19H,4,11-13H2,1H3,(H,25,26)/t18-,19+/m0/s1. The minimum atomic E-state index is -0.875. The molecule has 0 bridgehead atoms. The Morgan fingerprint density at radius 1 is 1.11 bits per heavy atom. The molecule has 2 aromatic rings. The van der Waals surface area contributed by atoms with Crippen LogP contribution in [0.4, 0.5) is 0 Å². The van der Waals surface area contributed by atoms with Crippen LogP contribution in [-0.2, 0) is 16.0 Å². The second kappa shape index (κ2) is 8.44. The highest BCUT2D eigenvalue weighted by atomic mass is 35.5. The van der Waals surface area contributed by atoms with E-state index in [4.69, 9.17) is 16.3 Å². The summed E-state index contributed by atoms with van der Waals surface area (Å²) in [5.74, 6) is -0.936. The minimum absolute atomic E-state index is 0.0199. The van der Waals surface area contributed by atoms with Crippen LogP contribution in [0.5, 0.6) is 5.75 Å². The zero-order chi connectivity index (χ0) is 19.4. The largest absolute Gasteiger partial charge is 0.497 e. The molecule has 27 heavy (non-hydrogen) atoms. The molecule has 0 saturated carbocycles. The number of aliphatic carboxylic acids is 1. The van der Waals surface area contributed by atoms with Crippen molar-refractivity contribution in [2.24, 2.45) is 5.92 Å². The number of carbonyl (C=O) groups is 2. The molecule has 0 unspecified atom stereocenters. The van der Waals surface area contributed by atoms with Crippen molar-refractivity contribution in [2.75, 3.05) is 20.2 Å². The molecule has 1 saturated heterocycles. The van der Waals surface area contributed by atoms with E-state index in [9.17, 15) is 14.7 Å². The lowest BCUT2D eigenvalue weighted by molar-refractivity contribution is -0.141. The lowest BCUT2D eigenvalue weighted by Crippen LogP contribution is -2.30. The fraction of sp³-hybridized carbons (Fsp3) is 0.333.